The predicted octanol–water partition coefficient (Wildman–Crippen LogP) is 5.96. The molecule has 1 heterocycles. The van der Waals surface area contributed by atoms with Gasteiger partial charge in [-0.15, -0.1) is 0 Å². The van der Waals surface area contributed by atoms with Crippen molar-refractivity contribution in [1.82, 2.24) is 5.32 Å². The van der Waals surface area contributed by atoms with Gasteiger partial charge in [0.25, 0.3) is 5.91 Å². The number of methoxy groups -OCH3 is 1. The van der Waals surface area contributed by atoms with E-state index >= 15 is 0 Å². The first-order valence-electron chi connectivity index (χ1n) is 12.8. The van der Waals surface area contributed by atoms with Gasteiger partial charge in [0.1, 0.15) is 5.75 Å². The second-order valence-electron chi connectivity index (χ2n) is 9.22. The minimum atomic E-state index is -0.386. The van der Waals surface area contributed by atoms with Crippen molar-refractivity contribution in [3.05, 3.63) is 76.8 Å². The molecule has 4 rings (SSSR count). The van der Waals surface area contributed by atoms with Gasteiger partial charge in [0, 0.05) is 48.1 Å². The quantitative estimate of drug-likeness (QED) is 0.306. The molecule has 0 spiro atoms. The molecule has 3 aromatic carbocycles. The van der Waals surface area contributed by atoms with Crippen LogP contribution in [0.25, 0.3) is 0 Å². The highest BCUT2D eigenvalue weighted by Gasteiger charge is 2.24. The van der Waals surface area contributed by atoms with Crippen molar-refractivity contribution in [3.63, 3.8) is 0 Å². The Labute approximate surface area is 232 Å². The largest absolute Gasteiger partial charge is 0.495 e. The van der Waals surface area contributed by atoms with E-state index in [9.17, 15) is 9.59 Å². The van der Waals surface area contributed by atoms with Crippen molar-refractivity contribution in [3.8, 4) is 5.75 Å². The van der Waals surface area contributed by atoms with E-state index in [0.717, 1.165) is 54.2 Å². The van der Waals surface area contributed by atoms with Crippen molar-refractivity contribution >= 4 is 50.6 Å². The Bertz CT molecular complexity index is 1280. The molecule has 1 aliphatic heterocycles. The SMILES string of the molecule is CC[C@H](C)NC(=O)c1cc(NC(=O)Nc2ccccc2Br)ccc1N1CCN(c2ccccc2OC)CC1. The number of hydrogen-bond acceptors (Lipinski definition) is 5. The van der Waals surface area contributed by atoms with Crippen molar-refractivity contribution in [2.75, 3.05) is 53.7 Å². The molecule has 8 nitrogen and oxygen atoms in total. The van der Waals surface area contributed by atoms with Crippen LogP contribution in [-0.4, -0.2) is 51.3 Å². The number of nitrogens with one attached hydrogen (secondary N) is 3. The van der Waals surface area contributed by atoms with E-state index in [1.54, 1.807) is 13.2 Å². The van der Waals surface area contributed by atoms with Crippen LogP contribution in [-0.2, 0) is 0 Å². The van der Waals surface area contributed by atoms with Gasteiger partial charge in [0.05, 0.1) is 24.0 Å². The van der Waals surface area contributed by atoms with Crippen LogP contribution in [0.4, 0.5) is 27.5 Å². The predicted molar refractivity (Wildman–Crippen MR) is 158 cm³/mol. The third-order valence-corrected chi connectivity index (χ3v) is 7.35. The lowest BCUT2D eigenvalue weighted by Gasteiger charge is -2.38. The summed E-state index contributed by atoms with van der Waals surface area (Å²) in [6.45, 7) is 7.10. The zero-order valence-corrected chi connectivity index (χ0v) is 23.5. The van der Waals surface area contributed by atoms with Crippen molar-refractivity contribution in [2.45, 2.75) is 26.3 Å². The summed E-state index contributed by atoms with van der Waals surface area (Å²) in [6.07, 6.45) is 0.824. The standard InChI is InChI=1S/C29H34BrN5O3/c1-4-20(2)31-28(36)22-19-21(32-29(37)33-24-10-6-5-9-23(24)30)13-14-25(22)34-15-17-35(18-16-34)26-11-7-8-12-27(26)38-3/h5-14,19-20H,4,15-18H2,1-3H3,(H,31,36)(H2,32,33,37)/t20-/m0/s1. The van der Waals surface area contributed by atoms with Crippen molar-refractivity contribution in [1.29, 1.82) is 0 Å². The highest BCUT2D eigenvalue weighted by Crippen LogP contribution is 2.31. The molecule has 0 aliphatic carbocycles. The van der Waals surface area contributed by atoms with Crippen LogP contribution < -0.4 is 30.5 Å². The molecule has 0 aromatic heterocycles. The summed E-state index contributed by atoms with van der Waals surface area (Å²) in [5.41, 5.74) is 3.65. The molecule has 1 atom stereocenters. The monoisotopic (exact) mass is 579 g/mol. The first kappa shape index (κ1) is 27.3. The molecule has 1 aliphatic rings. The number of anilines is 4. The van der Waals surface area contributed by atoms with Gasteiger partial charge in [0.15, 0.2) is 0 Å². The van der Waals surface area contributed by atoms with Gasteiger partial charge in [-0.05, 0) is 71.7 Å². The molecular formula is C29H34BrN5O3. The van der Waals surface area contributed by atoms with Crippen LogP contribution in [0.1, 0.15) is 30.6 Å². The van der Waals surface area contributed by atoms with Crippen LogP contribution in [0.3, 0.4) is 0 Å². The number of carbonyl (C=O) groups excluding carboxylic acids is 2. The molecule has 0 saturated carbocycles. The van der Waals surface area contributed by atoms with Gasteiger partial charge in [-0.2, -0.15) is 0 Å². The maximum atomic E-state index is 13.3. The molecule has 9 heteroatoms. The molecule has 1 saturated heterocycles. The Kier molecular flexibility index (Phi) is 9.12. The molecule has 3 aromatic rings. The molecule has 3 amide bonds. The number of halogens is 1. The number of amides is 3. The Morgan fingerprint density at radius 3 is 2.26 bits per heavy atom. The summed E-state index contributed by atoms with van der Waals surface area (Å²) in [5, 5.41) is 8.77. The van der Waals surface area contributed by atoms with E-state index in [0.29, 0.717) is 16.9 Å². The Hall–Kier alpha value is -3.72. The van der Waals surface area contributed by atoms with Gasteiger partial charge in [0.2, 0.25) is 0 Å². The van der Waals surface area contributed by atoms with Crippen LogP contribution in [0.2, 0.25) is 0 Å². The average molecular weight is 581 g/mol. The fraction of sp³-hybridized carbons (Fsp3) is 0.310. The second kappa shape index (κ2) is 12.7. The minimum absolute atomic E-state index is 0.0353. The van der Waals surface area contributed by atoms with E-state index in [1.807, 2.05) is 68.4 Å². The van der Waals surface area contributed by atoms with Crippen molar-refractivity contribution < 1.29 is 14.3 Å². The molecule has 0 unspecified atom stereocenters. The van der Waals surface area contributed by atoms with Gasteiger partial charge < -0.3 is 30.5 Å². The number of benzene rings is 3. The maximum absolute atomic E-state index is 13.3. The van der Waals surface area contributed by atoms with Crippen LogP contribution in [0, 0.1) is 0 Å². The normalized spacial score (nSPS) is 14.0. The maximum Gasteiger partial charge on any atom is 0.323 e. The molecule has 0 bridgehead atoms. The third kappa shape index (κ3) is 6.58. The Morgan fingerprint density at radius 2 is 1.58 bits per heavy atom. The number of carbonyl (C=O) groups is 2. The highest BCUT2D eigenvalue weighted by molar-refractivity contribution is 9.10. The Balaban J connectivity index is 1.52. The number of hydrogen-bond donors (Lipinski definition) is 3. The molecule has 38 heavy (non-hydrogen) atoms. The summed E-state index contributed by atoms with van der Waals surface area (Å²) < 4.78 is 6.33. The molecule has 0 radical (unpaired) electrons. The van der Waals surface area contributed by atoms with E-state index in [1.165, 1.54) is 0 Å². The first-order chi connectivity index (χ1) is 18.4. The molecular weight excluding hydrogens is 546 g/mol. The van der Waals surface area contributed by atoms with Gasteiger partial charge in [-0.3, -0.25) is 4.79 Å². The minimum Gasteiger partial charge on any atom is -0.495 e. The van der Waals surface area contributed by atoms with Gasteiger partial charge in [-0.1, -0.05) is 31.2 Å². The number of piperazine rings is 1. The summed E-state index contributed by atoms with van der Waals surface area (Å²) in [6, 6.07) is 20.6. The van der Waals surface area contributed by atoms with E-state index in [-0.39, 0.29) is 18.0 Å². The third-order valence-electron chi connectivity index (χ3n) is 6.66. The average Bonchev–Trinajstić information content (AvgIpc) is 2.94. The van der Waals surface area contributed by atoms with Gasteiger partial charge >= 0.3 is 6.03 Å². The van der Waals surface area contributed by atoms with E-state index < -0.39 is 0 Å². The number of ether oxygens (including phenoxy) is 1. The lowest BCUT2D eigenvalue weighted by Crippen LogP contribution is -2.47. The van der Waals surface area contributed by atoms with Gasteiger partial charge in [-0.25, -0.2) is 4.79 Å². The topological polar surface area (TPSA) is 85.9 Å². The summed E-state index contributed by atoms with van der Waals surface area (Å²) in [4.78, 5) is 30.5. The van der Waals surface area contributed by atoms with E-state index in [4.69, 9.17) is 4.74 Å². The zero-order chi connectivity index (χ0) is 27.1. The second-order valence-corrected chi connectivity index (χ2v) is 10.1. The lowest BCUT2D eigenvalue weighted by molar-refractivity contribution is 0.0939. The number of para-hydroxylation sites is 3. The van der Waals surface area contributed by atoms with Crippen LogP contribution >= 0.6 is 15.9 Å². The smallest absolute Gasteiger partial charge is 0.323 e. The molecule has 1 fully saturated rings. The Morgan fingerprint density at radius 1 is 0.921 bits per heavy atom. The summed E-state index contributed by atoms with van der Waals surface area (Å²) >= 11 is 3.44. The summed E-state index contributed by atoms with van der Waals surface area (Å²) in [7, 11) is 1.69. The van der Waals surface area contributed by atoms with Crippen LogP contribution in [0.5, 0.6) is 5.75 Å². The fourth-order valence-electron chi connectivity index (χ4n) is 4.40. The first-order valence-corrected chi connectivity index (χ1v) is 13.6. The van der Waals surface area contributed by atoms with Crippen molar-refractivity contribution in [2.24, 2.45) is 0 Å². The number of rotatable bonds is 8. The highest BCUT2D eigenvalue weighted by atomic mass is 79.9. The molecule has 3 N–H and O–H groups in total. The van der Waals surface area contributed by atoms with E-state index in [2.05, 4.69) is 47.7 Å². The number of urea groups is 1. The lowest BCUT2D eigenvalue weighted by atomic mass is 10.1. The molecule has 200 valence electrons. The van der Waals surface area contributed by atoms with Crippen LogP contribution in [0.15, 0.2) is 71.2 Å². The zero-order valence-electron chi connectivity index (χ0n) is 22.0. The fourth-order valence-corrected chi connectivity index (χ4v) is 4.79. The summed E-state index contributed by atoms with van der Waals surface area (Å²) in [5.74, 6) is 0.696. The number of nitrogens with zero attached hydrogens (tertiary/aromatic N) is 2.